The van der Waals surface area contributed by atoms with Gasteiger partial charge in [-0.25, -0.2) is 0 Å². The molecule has 0 fully saturated rings. The average molecular weight is 302 g/mol. The molecule has 0 N–H and O–H groups in total. The van der Waals surface area contributed by atoms with Crippen LogP contribution in [0.4, 0.5) is 0 Å². The van der Waals surface area contributed by atoms with Gasteiger partial charge in [0.2, 0.25) is 0 Å². The maximum Gasteiger partial charge on any atom is 0.0717 e. The Morgan fingerprint density at radius 1 is 1.14 bits per heavy atom. The van der Waals surface area contributed by atoms with Crippen LogP contribution >= 0.6 is 22.6 Å². The smallest absolute Gasteiger partial charge is 0.0717 e. The quantitative estimate of drug-likeness (QED) is 0.338. The van der Waals surface area contributed by atoms with E-state index in [-0.39, 0.29) is 0 Å². The summed E-state index contributed by atoms with van der Waals surface area (Å²) in [5.41, 5.74) is 1.24. The molecule has 1 nitrogen and oxygen atoms in total. The molecule has 0 atom stereocenters. The molecule has 0 aliphatic carbocycles. The Morgan fingerprint density at radius 3 is 2.64 bits per heavy atom. The lowest BCUT2D eigenvalue weighted by Crippen LogP contribution is -1.93. The van der Waals surface area contributed by atoms with Gasteiger partial charge in [0.05, 0.1) is 13.2 Å². The van der Waals surface area contributed by atoms with Crippen LogP contribution in [0.2, 0.25) is 0 Å². The molecule has 2 heteroatoms. The van der Waals surface area contributed by atoms with Gasteiger partial charge in [0.15, 0.2) is 0 Å². The molecule has 0 spiro atoms. The Bertz CT molecular complexity index is 256. The lowest BCUT2D eigenvalue weighted by atomic mass is 10.2. The summed E-state index contributed by atoms with van der Waals surface area (Å²) in [4.78, 5) is 0. The largest absolute Gasteiger partial charge is 0.376 e. The van der Waals surface area contributed by atoms with Crippen molar-refractivity contribution < 1.29 is 4.74 Å². The van der Waals surface area contributed by atoms with Gasteiger partial charge < -0.3 is 4.74 Å². The van der Waals surface area contributed by atoms with E-state index in [1.165, 1.54) is 5.56 Å². The van der Waals surface area contributed by atoms with Crippen LogP contribution < -0.4 is 0 Å². The van der Waals surface area contributed by atoms with E-state index < -0.39 is 0 Å². The van der Waals surface area contributed by atoms with Crippen molar-refractivity contribution >= 4 is 22.6 Å². The third-order valence-electron chi connectivity index (χ3n) is 1.80. The van der Waals surface area contributed by atoms with Crippen molar-refractivity contribution in [1.29, 1.82) is 0 Å². The first-order chi connectivity index (χ1) is 6.93. The number of ether oxygens (including phenoxy) is 1. The van der Waals surface area contributed by atoms with Crippen molar-refractivity contribution in [1.82, 2.24) is 0 Å². The summed E-state index contributed by atoms with van der Waals surface area (Å²) in [7, 11) is 0. The summed E-state index contributed by atoms with van der Waals surface area (Å²) >= 11 is 2.33. The van der Waals surface area contributed by atoms with E-state index in [0.717, 1.165) is 24.1 Å². The Morgan fingerprint density at radius 2 is 1.93 bits per heavy atom. The highest BCUT2D eigenvalue weighted by molar-refractivity contribution is 14.1. The predicted octanol–water partition coefficient (Wildman–Crippen LogP) is 3.58. The molecule has 76 valence electrons. The van der Waals surface area contributed by atoms with Crippen LogP contribution in [0.1, 0.15) is 12.0 Å². The molecule has 14 heavy (non-hydrogen) atoms. The number of allylic oxidation sites excluding steroid dienone is 1. The van der Waals surface area contributed by atoms with E-state index in [1.807, 2.05) is 18.2 Å². The first kappa shape index (κ1) is 11.7. The highest BCUT2D eigenvalue weighted by Gasteiger charge is 1.89. The molecule has 0 saturated heterocycles. The lowest BCUT2D eigenvalue weighted by molar-refractivity contribution is 0.125. The molecule has 0 aliphatic rings. The van der Waals surface area contributed by atoms with Gasteiger partial charge in [-0.1, -0.05) is 65.1 Å². The second-order valence-corrected chi connectivity index (χ2v) is 3.83. The highest BCUT2D eigenvalue weighted by Crippen LogP contribution is 2.00. The Kier molecular flexibility index (Phi) is 6.70. The fourth-order valence-electron chi connectivity index (χ4n) is 1.10. The van der Waals surface area contributed by atoms with Crippen molar-refractivity contribution in [3.8, 4) is 0 Å². The van der Waals surface area contributed by atoms with E-state index in [9.17, 15) is 0 Å². The molecule has 1 aromatic rings. The summed E-state index contributed by atoms with van der Waals surface area (Å²) in [5, 5.41) is 0. The van der Waals surface area contributed by atoms with Crippen molar-refractivity contribution in [3.05, 3.63) is 48.0 Å². The van der Waals surface area contributed by atoms with Crippen molar-refractivity contribution in [2.75, 3.05) is 11.0 Å². The molecular formula is C12H15IO. The maximum atomic E-state index is 5.51. The lowest BCUT2D eigenvalue weighted by Gasteiger charge is -2.01. The van der Waals surface area contributed by atoms with Gasteiger partial charge in [0.1, 0.15) is 0 Å². The predicted molar refractivity (Wildman–Crippen MR) is 68.7 cm³/mol. The number of hydrogen-bond acceptors (Lipinski definition) is 1. The second kappa shape index (κ2) is 8.00. The number of rotatable bonds is 6. The topological polar surface area (TPSA) is 9.23 Å². The summed E-state index contributed by atoms with van der Waals surface area (Å²) < 4.78 is 6.59. The monoisotopic (exact) mass is 302 g/mol. The number of alkyl halides is 1. The fraction of sp³-hybridized carbons (Fsp3) is 0.333. The Hall–Kier alpha value is -0.350. The second-order valence-electron chi connectivity index (χ2n) is 2.95. The summed E-state index contributed by atoms with van der Waals surface area (Å²) in [6, 6.07) is 10.3. The molecule has 1 aromatic carbocycles. The summed E-state index contributed by atoms with van der Waals surface area (Å²) in [5.74, 6) is 0. The van der Waals surface area contributed by atoms with E-state index in [1.54, 1.807) is 0 Å². The number of halogens is 1. The zero-order chi connectivity index (χ0) is 10.1. The van der Waals surface area contributed by atoms with E-state index in [0.29, 0.717) is 0 Å². The van der Waals surface area contributed by atoms with Gasteiger partial charge in [-0.3, -0.25) is 0 Å². The average Bonchev–Trinajstić information content (AvgIpc) is 2.25. The van der Waals surface area contributed by atoms with Crippen LogP contribution in [-0.4, -0.2) is 11.0 Å². The molecule has 0 radical (unpaired) electrons. The molecule has 0 saturated carbocycles. The van der Waals surface area contributed by atoms with Crippen LogP contribution in [0.15, 0.2) is 42.5 Å². The van der Waals surface area contributed by atoms with Crippen LogP contribution in [0, 0.1) is 0 Å². The molecule has 0 heterocycles. The van der Waals surface area contributed by atoms with E-state index in [2.05, 4.69) is 46.9 Å². The minimum absolute atomic E-state index is 0.721. The Labute approximate surface area is 99.3 Å². The van der Waals surface area contributed by atoms with Crippen molar-refractivity contribution in [2.45, 2.75) is 13.0 Å². The zero-order valence-corrected chi connectivity index (χ0v) is 10.3. The molecule has 0 bridgehead atoms. The summed E-state index contributed by atoms with van der Waals surface area (Å²) in [6.45, 7) is 1.53. The number of hydrogen-bond donors (Lipinski definition) is 0. The molecule has 0 aromatic heterocycles. The first-order valence-corrected chi connectivity index (χ1v) is 6.28. The summed E-state index contributed by atoms with van der Waals surface area (Å²) in [6.07, 6.45) is 5.33. The van der Waals surface area contributed by atoms with Crippen LogP contribution in [0.3, 0.4) is 0 Å². The third-order valence-corrected chi connectivity index (χ3v) is 2.30. The third kappa shape index (κ3) is 5.40. The maximum absolute atomic E-state index is 5.51. The molecule has 0 unspecified atom stereocenters. The van der Waals surface area contributed by atoms with Crippen molar-refractivity contribution in [3.63, 3.8) is 0 Å². The van der Waals surface area contributed by atoms with Gasteiger partial charge in [-0.2, -0.15) is 0 Å². The SMILES string of the molecule is ICC=CCCOCc1ccccc1. The van der Waals surface area contributed by atoms with Crippen LogP contribution in [-0.2, 0) is 11.3 Å². The fourth-order valence-corrected chi connectivity index (χ4v) is 1.46. The van der Waals surface area contributed by atoms with E-state index >= 15 is 0 Å². The molecular weight excluding hydrogens is 287 g/mol. The van der Waals surface area contributed by atoms with Gasteiger partial charge >= 0.3 is 0 Å². The minimum atomic E-state index is 0.721. The molecule has 0 amide bonds. The van der Waals surface area contributed by atoms with Gasteiger partial charge in [0, 0.05) is 4.43 Å². The number of benzene rings is 1. The normalized spacial score (nSPS) is 10.9. The zero-order valence-electron chi connectivity index (χ0n) is 8.16. The van der Waals surface area contributed by atoms with Crippen LogP contribution in [0.5, 0.6) is 0 Å². The van der Waals surface area contributed by atoms with Crippen LogP contribution in [0.25, 0.3) is 0 Å². The van der Waals surface area contributed by atoms with Gasteiger partial charge in [-0.05, 0) is 12.0 Å². The molecule has 1 rings (SSSR count). The van der Waals surface area contributed by atoms with Gasteiger partial charge in [0.25, 0.3) is 0 Å². The minimum Gasteiger partial charge on any atom is -0.376 e. The van der Waals surface area contributed by atoms with Crippen molar-refractivity contribution in [2.24, 2.45) is 0 Å². The standard InChI is InChI=1S/C12H15IO/c13-9-5-2-6-10-14-11-12-7-3-1-4-8-12/h1-5,7-8H,6,9-11H2. The Balaban J connectivity index is 2.07. The van der Waals surface area contributed by atoms with E-state index in [4.69, 9.17) is 4.74 Å². The van der Waals surface area contributed by atoms with Gasteiger partial charge in [-0.15, -0.1) is 0 Å². The highest BCUT2D eigenvalue weighted by atomic mass is 127. The molecule has 0 aliphatic heterocycles. The first-order valence-electron chi connectivity index (χ1n) is 4.76.